The van der Waals surface area contributed by atoms with Crippen molar-refractivity contribution in [3.63, 3.8) is 0 Å². The highest BCUT2D eigenvalue weighted by molar-refractivity contribution is 8.00. The molecule has 1 aliphatic rings. The molecule has 0 radical (unpaired) electrons. The maximum atomic E-state index is 12.1. The Labute approximate surface area is 126 Å². The summed E-state index contributed by atoms with van der Waals surface area (Å²) in [5.41, 5.74) is 0. The summed E-state index contributed by atoms with van der Waals surface area (Å²) >= 11 is 13.3. The second kappa shape index (κ2) is 6.84. The Hall–Kier alpha value is -0.420. The molecule has 0 bridgehead atoms. The first-order chi connectivity index (χ1) is 9.11. The fourth-order valence-corrected chi connectivity index (χ4v) is 3.19. The molecule has 1 aromatic carbocycles. The van der Waals surface area contributed by atoms with Crippen LogP contribution in [-0.4, -0.2) is 40.9 Å². The highest BCUT2D eigenvalue weighted by Crippen LogP contribution is 2.31. The maximum Gasteiger partial charge on any atom is 0.233 e. The molecule has 6 heteroatoms. The van der Waals surface area contributed by atoms with Crippen LogP contribution in [0.3, 0.4) is 0 Å². The van der Waals surface area contributed by atoms with E-state index in [4.69, 9.17) is 28.3 Å². The van der Waals surface area contributed by atoms with Crippen molar-refractivity contribution in [2.45, 2.75) is 23.8 Å². The zero-order chi connectivity index (χ0) is 13.8. The number of benzene rings is 1. The molecule has 0 saturated heterocycles. The summed E-state index contributed by atoms with van der Waals surface area (Å²) in [5.74, 6) is 0.355. The van der Waals surface area contributed by atoms with E-state index in [9.17, 15) is 4.79 Å². The number of thioether (sulfide) groups is 1. The summed E-state index contributed by atoms with van der Waals surface area (Å²) in [4.78, 5) is 14.7. The van der Waals surface area contributed by atoms with Gasteiger partial charge in [-0.1, -0.05) is 23.2 Å². The first-order valence-corrected chi connectivity index (χ1v) is 7.84. The molecule has 1 saturated carbocycles. The van der Waals surface area contributed by atoms with Crippen LogP contribution in [0.5, 0.6) is 0 Å². The molecule has 0 aliphatic heterocycles. The number of amides is 1. The molecule has 0 spiro atoms. The fraction of sp³-hybridized carbons (Fsp3) is 0.462. The average molecular weight is 320 g/mol. The first-order valence-electron chi connectivity index (χ1n) is 6.10. The summed E-state index contributed by atoms with van der Waals surface area (Å²) in [7, 11) is 0. The van der Waals surface area contributed by atoms with Crippen molar-refractivity contribution in [2.75, 3.05) is 18.9 Å². The van der Waals surface area contributed by atoms with E-state index in [1.165, 1.54) is 11.8 Å². The second-order valence-electron chi connectivity index (χ2n) is 4.41. The summed E-state index contributed by atoms with van der Waals surface area (Å²) in [6, 6.07) is 5.52. The predicted octanol–water partition coefficient (Wildman–Crippen LogP) is 3.07. The van der Waals surface area contributed by atoms with Crippen molar-refractivity contribution in [2.24, 2.45) is 0 Å². The molecule has 3 nitrogen and oxygen atoms in total. The number of carbonyl (C=O) groups is 1. The Bertz CT molecular complexity index is 466. The molecule has 19 heavy (non-hydrogen) atoms. The van der Waals surface area contributed by atoms with Crippen LogP contribution in [0.2, 0.25) is 10.0 Å². The van der Waals surface area contributed by atoms with Crippen LogP contribution >= 0.6 is 35.0 Å². The Kier molecular flexibility index (Phi) is 5.39. The van der Waals surface area contributed by atoms with Gasteiger partial charge in [0.25, 0.3) is 0 Å². The number of nitrogens with zero attached hydrogens (tertiary/aromatic N) is 1. The van der Waals surface area contributed by atoms with E-state index >= 15 is 0 Å². The minimum Gasteiger partial charge on any atom is -0.395 e. The topological polar surface area (TPSA) is 40.5 Å². The van der Waals surface area contributed by atoms with Gasteiger partial charge in [0, 0.05) is 22.5 Å². The summed E-state index contributed by atoms with van der Waals surface area (Å²) in [6.45, 7) is 0.415. The number of hydrogen-bond donors (Lipinski definition) is 1. The van der Waals surface area contributed by atoms with Crippen LogP contribution in [0.4, 0.5) is 0 Å². The summed E-state index contributed by atoms with van der Waals surface area (Å²) < 4.78 is 0. The van der Waals surface area contributed by atoms with Gasteiger partial charge < -0.3 is 10.0 Å². The van der Waals surface area contributed by atoms with Gasteiger partial charge in [-0.25, -0.2) is 0 Å². The monoisotopic (exact) mass is 319 g/mol. The van der Waals surface area contributed by atoms with Crippen molar-refractivity contribution in [1.29, 1.82) is 0 Å². The Morgan fingerprint density at radius 1 is 1.42 bits per heavy atom. The molecule has 0 atom stereocenters. The van der Waals surface area contributed by atoms with Crippen molar-refractivity contribution < 1.29 is 9.90 Å². The molecule has 104 valence electrons. The molecule has 2 rings (SSSR count). The number of hydrogen-bond acceptors (Lipinski definition) is 3. The van der Waals surface area contributed by atoms with E-state index < -0.39 is 0 Å². The zero-order valence-corrected chi connectivity index (χ0v) is 12.6. The fourth-order valence-electron chi connectivity index (χ4n) is 1.82. The third-order valence-electron chi connectivity index (χ3n) is 2.89. The van der Waals surface area contributed by atoms with Gasteiger partial charge in [-0.15, -0.1) is 11.8 Å². The third-order valence-corrected chi connectivity index (χ3v) is 4.61. The predicted molar refractivity (Wildman–Crippen MR) is 79.0 cm³/mol. The van der Waals surface area contributed by atoms with Crippen LogP contribution in [-0.2, 0) is 4.79 Å². The Morgan fingerprint density at radius 3 is 2.79 bits per heavy atom. The molecule has 0 aromatic heterocycles. The largest absolute Gasteiger partial charge is 0.395 e. The lowest BCUT2D eigenvalue weighted by Gasteiger charge is -2.21. The zero-order valence-electron chi connectivity index (χ0n) is 10.3. The first kappa shape index (κ1) is 15.0. The average Bonchev–Trinajstić information content (AvgIpc) is 3.21. The van der Waals surface area contributed by atoms with Crippen molar-refractivity contribution in [1.82, 2.24) is 4.90 Å². The number of rotatable bonds is 6. The maximum absolute atomic E-state index is 12.1. The molecule has 1 N–H and O–H groups in total. The number of carbonyl (C=O) groups excluding carboxylic acids is 1. The lowest BCUT2D eigenvalue weighted by atomic mass is 10.4. The van der Waals surface area contributed by atoms with Gasteiger partial charge in [-0.2, -0.15) is 0 Å². The van der Waals surface area contributed by atoms with Crippen LogP contribution < -0.4 is 0 Å². The van der Waals surface area contributed by atoms with Crippen LogP contribution in [0.25, 0.3) is 0 Å². The van der Waals surface area contributed by atoms with Gasteiger partial charge in [-0.3, -0.25) is 4.79 Å². The molecule has 0 heterocycles. The quantitative estimate of drug-likeness (QED) is 0.819. The number of aliphatic hydroxyl groups is 1. The van der Waals surface area contributed by atoms with E-state index in [-0.39, 0.29) is 12.5 Å². The lowest BCUT2D eigenvalue weighted by Crippen LogP contribution is -2.36. The molecular formula is C13H15Cl2NO2S. The van der Waals surface area contributed by atoms with Gasteiger partial charge in [0.05, 0.1) is 17.4 Å². The van der Waals surface area contributed by atoms with E-state index in [0.29, 0.717) is 28.4 Å². The normalized spacial score (nSPS) is 14.5. The highest BCUT2D eigenvalue weighted by atomic mass is 35.5. The molecular weight excluding hydrogens is 305 g/mol. The van der Waals surface area contributed by atoms with Crippen LogP contribution in [0.15, 0.2) is 23.1 Å². The minimum absolute atomic E-state index is 0.00479. The van der Waals surface area contributed by atoms with E-state index in [2.05, 4.69) is 0 Å². The highest BCUT2D eigenvalue weighted by Gasteiger charge is 2.31. The standard InChI is InChI=1S/C13H15Cl2NO2S/c14-9-1-4-11(15)12(7-9)19-8-13(18)16(5-6-17)10-2-3-10/h1,4,7,10,17H,2-3,5-6,8H2. The Balaban J connectivity index is 1.93. The van der Waals surface area contributed by atoms with Gasteiger partial charge in [0.2, 0.25) is 5.91 Å². The number of aliphatic hydroxyl groups excluding tert-OH is 1. The van der Waals surface area contributed by atoms with E-state index in [1.807, 2.05) is 0 Å². The molecule has 1 aromatic rings. The second-order valence-corrected chi connectivity index (χ2v) is 6.27. The van der Waals surface area contributed by atoms with Crippen molar-refractivity contribution in [3.8, 4) is 0 Å². The van der Waals surface area contributed by atoms with Crippen LogP contribution in [0, 0.1) is 0 Å². The molecule has 1 fully saturated rings. The van der Waals surface area contributed by atoms with Gasteiger partial charge in [-0.05, 0) is 31.0 Å². The van der Waals surface area contributed by atoms with Crippen molar-refractivity contribution >= 4 is 40.9 Å². The number of halogens is 2. The van der Waals surface area contributed by atoms with Crippen LogP contribution in [0.1, 0.15) is 12.8 Å². The van der Waals surface area contributed by atoms with Gasteiger partial charge >= 0.3 is 0 Å². The van der Waals surface area contributed by atoms with Gasteiger partial charge in [0.1, 0.15) is 0 Å². The lowest BCUT2D eigenvalue weighted by molar-refractivity contribution is -0.129. The van der Waals surface area contributed by atoms with Gasteiger partial charge in [0.15, 0.2) is 0 Å². The smallest absolute Gasteiger partial charge is 0.233 e. The molecule has 0 unspecified atom stereocenters. The minimum atomic E-state index is 0.00479. The van der Waals surface area contributed by atoms with E-state index in [0.717, 1.165) is 17.7 Å². The SMILES string of the molecule is O=C(CSc1cc(Cl)ccc1Cl)N(CCO)C1CC1. The Morgan fingerprint density at radius 2 is 2.16 bits per heavy atom. The molecule has 1 aliphatic carbocycles. The van der Waals surface area contributed by atoms with Crippen molar-refractivity contribution in [3.05, 3.63) is 28.2 Å². The molecule has 1 amide bonds. The van der Waals surface area contributed by atoms with E-state index in [1.54, 1.807) is 23.1 Å². The summed E-state index contributed by atoms with van der Waals surface area (Å²) in [5, 5.41) is 10.2. The summed E-state index contributed by atoms with van der Waals surface area (Å²) in [6.07, 6.45) is 2.07. The third kappa shape index (κ3) is 4.28.